The summed E-state index contributed by atoms with van der Waals surface area (Å²) in [5, 5.41) is 3.52. The predicted octanol–water partition coefficient (Wildman–Crippen LogP) is 2.11. The van der Waals surface area contributed by atoms with Gasteiger partial charge in [-0.15, -0.1) is 0 Å². The topological polar surface area (TPSA) is 29.1 Å². The Morgan fingerprint density at radius 3 is 2.81 bits per heavy atom. The van der Waals surface area contributed by atoms with Gasteiger partial charge in [-0.25, -0.2) is 0 Å². The lowest BCUT2D eigenvalue weighted by Gasteiger charge is -2.27. The number of nitrogens with one attached hydrogen (secondary N) is 1. The van der Waals surface area contributed by atoms with Crippen molar-refractivity contribution in [3.05, 3.63) is 35.9 Å². The van der Waals surface area contributed by atoms with E-state index in [-0.39, 0.29) is 5.92 Å². The molecule has 1 aromatic rings. The number of carbonyl (C=O) groups is 1. The van der Waals surface area contributed by atoms with E-state index in [1.807, 2.05) is 6.07 Å². The number of Topliss-reactive ketones (excluding diaryl/α,β-unsaturated/α-hetero) is 1. The Bertz CT molecular complexity index is 387. The molecule has 84 valence electrons. The molecular weight excluding hydrogens is 198 g/mol. The highest BCUT2D eigenvalue weighted by molar-refractivity contribution is 5.84. The van der Waals surface area contributed by atoms with E-state index < -0.39 is 0 Å². The van der Waals surface area contributed by atoms with E-state index in [1.54, 1.807) is 0 Å². The Balaban J connectivity index is 1.89. The molecule has 3 rings (SSSR count). The summed E-state index contributed by atoms with van der Waals surface area (Å²) in [4.78, 5) is 12.0. The third-order valence-corrected chi connectivity index (χ3v) is 4.00. The van der Waals surface area contributed by atoms with Gasteiger partial charge in [0.15, 0.2) is 0 Å². The number of carbonyl (C=O) groups excluding carboxylic acids is 1. The Morgan fingerprint density at radius 2 is 2.00 bits per heavy atom. The van der Waals surface area contributed by atoms with E-state index >= 15 is 0 Å². The number of fused-ring (bicyclic) bond motifs is 1. The number of hydrogen-bond acceptors (Lipinski definition) is 2. The molecule has 2 nitrogen and oxygen atoms in total. The summed E-state index contributed by atoms with van der Waals surface area (Å²) >= 11 is 0. The molecule has 0 radical (unpaired) electrons. The minimum absolute atomic E-state index is 0.233. The highest BCUT2D eigenvalue weighted by Crippen LogP contribution is 2.38. The van der Waals surface area contributed by atoms with Crippen molar-refractivity contribution >= 4 is 5.78 Å². The summed E-state index contributed by atoms with van der Waals surface area (Å²) in [6.45, 7) is 0.963. The van der Waals surface area contributed by atoms with E-state index in [0.717, 1.165) is 19.4 Å². The predicted molar refractivity (Wildman–Crippen MR) is 63.3 cm³/mol. The maximum absolute atomic E-state index is 12.0. The van der Waals surface area contributed by atoms with Gasteiger partial charge in [-0.1, -0.05) is 30.3 Å². The Kier molecular flexibility index (Phi) is 2.52. The van der Waals surface area contributed by atoms with E-state index in [4.69, 9.17) is 0 Å². The van der Waals surface area contributed by atoms with Crippen molar-refractivity contribution in [3.63, 3.8) is 0 Å². The van der Waals surface area contributed by atoms with Crippen LogP contribution >= 0.6 is 0 Å². The Hall–Kier alpha value is -1.15. The Labute approximate surface area is 96.1 Å². The molecule has 1 saturated carbocycles. The van der Waals surface area contributed by atoms with Crippen LogP contribution in [-0.2, 0) is 4.79 Å². The SMILES string of the molecule is O=C1CCC[C@H]2NC[C@H](c3ccccc3)[C@@H]12. The third-order valence-electron chi connectivity index (χ3n) is 4.00. The summed E-state index contributed by atoms with van der Waals surface area (Å²) in [7, 11) is 0. The van der Waals surface area contributed by atoms with Crippen LogP contribution < -0.4 is 5.32 Å². The summed E-state index contributed by atoms with van der Waals surface area (Å²) in [6, 6.07) is 10.9. The molecule has 0 spiro atoms. The molecule has 1 heterocycles. The first-order chi connectivity index (χ1) is 7.86. The van der Waals surface area contributed by atoms with Crippen LogP contribution in [0.5, 0.6) is 0 Å². The van der Waals surface area contributed by atoms with Gasteiger partial charge in [0.2, 0.25) is 0 Å². The molecule has 1 aromatic carbocycles. The van der Waals surface area contributed by atoms with Crippen LogP contribution in [0.4, 0.5) is 0 Å². The molecule has 2 fully saturated rings. The van der Waals surface area contributed by atoms with Crippen LogP contribution in [0.25, 0.3) is 0 Å². The molecule has 0 amide bonds. The zero-order valence-corrected chi connectivity index (χ0v) is 9.36. The number of rotatable bonds is 1. The van der Waals surface area contributed by atoms with Gasteiger partial charge in [-0.05, 0) is 18.4 Å². The van der Waals surface area contributed by atoms with Crippen LogP contribution in [0.15, 0.2) is 30.3 Å². The number of benzene rings is 1. The van der Waals surface area contributed by atoms with Crippen molar-refractivity contribution in [2.45, 2.75) is 31.2 Å². The van der Waals surface area contributed by atoms with Gasteiger partial charge in [0.05, 0.1) is 0 Å². The quantitative estimate of drug-likeness (QED) is 0.777. The molecule has 3 atom stereocenters. The molecule has 1 N–H and O–H groups in total. The molecule has 1 aliphatic carbocycles. The van der Waals surface area contributed by atoms with Crippen molar-refractivity contribution in [3.8, 4) is 0 Å². The van der Waals surface area contributed by atoms with Gasteiger partial charge >= 0.3 is 0 Å². The first kappa shape index (κ1) is 10.0. The van der Waals surface area contributed by atoms with Crippen molar-refractivity contribution in [1.82, 2.24) is 5.32 Å². The first-order valence-corrected chi connectivity index (χ1v) is 6.17. The second kappa shape index (κ2) is 4.02. The average Bonchev–Trinajstić information content (AvgIpc) is 2.75. The van der Waals surface area contributed by atoms with Crippen LogP contribution in [0.3, 0.4) is 0 Å². The standard InChI is InChI=1S/C14H17NO/c16-13-8-4-7-12-14(13)11(9-15-12)10-5-2-1-3-6-10/h1-3,5-6,11-12,14-15H,4,7-9H2/t11-,12-,14-/m1/s1. The van der Waals surface area contributed by atoms with Crippen molar-refractivity contribution in [2.24, 2.45) is 5.92 Å². The van der Waals surface area contributed by atoms with Gasteiger partial charge in [0.1, 0.15) is 5.78 Å². The van der Waals surface area contributed by atoms with Gasteiger partial charge in [0.25, 0.3) is 0 Å². The smallest absolute Gasteiger partial charge is 0.138 e. The molecule has 1 saturated heterocycles. The van der Waals surface area contributed by atoms with Gasteiger partial charge < -0.3 is 5.32 Å². The molecular formula is C14H17NO. The molecule has 0 unspecified atom stereocenters. The fourth-order valence-corrected chi connectivity index (χ4v) is 3.23. The maximum Gasteiger partial charge on any atom is 0.138 e. The first-order valence-electron chi connectivity index (χ1n) is 6.17. The minimum Gasteiger partial charge on any atom is -0.313 e. The number of ketones is 1. The lowest BCUT2D eigenvalue weighted by Crippen LogP contribution is -2.36. The van der Waals surface area contributed by atoms with Gasteiger partial charge in [0, 0.05) is 30.8 Å². The highest BCUT2D eigenvalue weighted by atomic mass is 16.1. The Morgan fingerprint density at radius 1 is 1.19 bits per heavy atom. The van der Waals surface area contributed by atoms with E-state index in [0.29, 0.717) is 17.7 Å². The number of hydrogen-bond donors (Lipinski definition) is 1. The average molecular weight is 215 g/mol. The summed E-state index contributed by atoms with van der Waals surface area (Å²) in [5.41, 5.74) is 1.32. The molecule has 1 aliphatic heterocycles. The fourth-order valence-electron chi connectivity index (χ4n) is 3.23. The van der Waals surface area contributed by atoms with Crippen molar-refractivity contribution < 1.29 is 4.79 Å². The van der Waals surface area contributed by atoms with Crippen LogP contribution in [0.2, 0.25) is 0 Å². The fraction of sp³-hybridized carbons (Fsp3) is 0.500. The van der Waals surface area contributed by atoms with Crippen molar-refractivity contribution in [2.75, 3.05) is 6.54 Å². The second-order valence-corrected chi connectivity index (χ2v) is 4.92. The monoisotopic (exact) mass is 215 g/mol. The normalized spacial score (nSPS) is 33.8. The molecule has 2 aliphatic rings. The largest absolute Gasteiger partial charge is 0.313 e. The maximum atomic E-state index is 12.0. The van der Waals surface area contributed by atoms with Crippen molar-refractivity contribution in [1.29, 1.82) is 0 Å². The summed E-state index contributed by atoms with van der Waals surface area (Å²) in [6.07, 6.45) is 3.01. The third kappa shape index (κ3) is 1.57. The van der Waals surface area contributed by atoms with Crippen LogP contribution in [0, 0.1) is 5.92 Å². The molecule has 0 aromatic heterocycles. The van der Waals surface area contributed by atoms with Gasteiger partial charge in [-0.2, -0.15) is 0 Å². The summed E-state index contributed by atoms with van der Waals surface area (Å²) < 4.78 is 0. The second-order valence-electron chi connectivity index (χ2n) is 4.92. The lowest BCUT2D eigenvalue weighted by molar-refractivity contribution is -0.125. The van der Waals surface area contributed by atoms with Gasteiger partial charge in [-0.3, -0.25) is 4.79 Å². The highest BCUT2D eigenvalue weighted by Gasteiger charge is 2.42. The molecule has 2 heteroatoms. The van der Waals surface area contributed by atoms with E-state index in [2.05, 4.69) is 29.6 Å². The minimum atomic E-state index is 0.233. The van der Waals surface area contributed by atoms with E-state index in [1.165, 1.54) is 12.0 Å². The lowest BCUT2D eigenvalue weighted by atomic mass is 9.76. The molecule has 0 bridgehead atoms. The van der Waals surface area contributed by atoms with Crippen LogP contribution in [0.1, 0.15) is 30.7 Å². The summed E-state index contributed by atoms with van der Waals surface area (Å²) in [5.74, 6) is 1.10. The van der Waals surface area contributed by atoms with E-state index in [9.17, 15) is 4.79 Å². The molecule has 16 heavy (non-hydrogen) atoms. The zero-order valence-electron chi connectivity index (χ0n) is 9.36. The zero-order chi connectivity index (χ0) is 11.0. The van der Waals surface area contributed by atoms with Crippen LogP contribution in [-0.4, -0.2) is 18.4 Å².